The fraction of sp³-hybridized carbons (Fsp3) is 0.385. The lowest BCUT2D eigenvalue weighted by Gasteiger charge is -2.26. The number of benzene rings is 2. The number of alkyl carbamates (subject to hydrolysis) is 1. The molecule has 1 aromatic heterocycles. The maximum Gasteiger partial charge on any atom is 0.407 e. The fourth-order valence-corrected chi connectivity index (χ4v) is 4.44. The van der Waals surface area contributed by atoms with E-state index < -0.39 is 18.2 Å². The van der Waals surface area contributed by atoms with Gasteiger partial charge in [-0.15, -0.1) is 11.3 Å². The molecule has 0 saturated heterocycles. The molecule has 0 aliphatic heterocycles. The molecule has 0 fully saturated rings. The Morgan fingerprint density at radius 2 is 1.67 bits per heavy atom. The minimum Gasteiger partial charge on any atom is -0.444 e. The predicted octanol–water partition coefficient (Wildman–Crippen LogP) is 4.43. The van der Waals surface area contributed by atoms with Crippen molar-refractivity contribution in [1.29, 1.82) is 0 Å². The van der Waals surface area contributed by atoms with Crippen LogP contribution in [-0.2, 0) is 24.2 Å². The molecule has 2 aromatic carbocycles. The maximum atomic E-state index is 12.5. The SMILES string of the molecule is CC(C)c1ncc(COC(=O)N[C@@H](Cc2ccccc2)[C@@H](O)C[C@@H](N)Cc2ccccc2)s1. The minimum atomic E-state index is -0.813. The van der Waals surface area contributed by atoms with Gasteiger partial charge in [0.15, 0.2) is 0 Å². The molecule has 33 heavy (non-hydrogen) atoms. The van der Waals surface area contributed by atoms with Gasteiger partial charge in [-0.25, -0.2) is 9.78 Å². The Bertz CT molecular complexity index is 979. The average molecular weight is 468 g/mol. The highest BCUT2D eigenvalue weighted by atomic mass is 32.1. The van der Waals surface area contributed by atoms with E-state index in [4.69, 9.17) is 10.5 Å². The van der Waals surface area contributed by atoms with Crippen molar-refractivity contribution in [1.82, 2.24) is 10.3 Å². The van der Waals surface area contributed by atoms with E-state index in [1.165, 1.54) is 11.3 Å². The Morgan fingerprint density at radius 1 is 1.06 bits per heavy atom. The van der Waals surface area contributed by atoms with Crippen molar-refractivity contribution in [2.75, 3.05) is 0 Å². The number of thiazole rings is 1. The van der Waals surface area contributed by atoms with Gasteiger partial charge in [0, 0.05) is 18.2 Å². The molecular weight excluding hydrogens is 434 g/mol. The molecule has 7 heteroatoms. The highest BCUT2D eigenvalue weighted by Gasteiger charge is 2.25. The number of nitrogens with one attached hydrogen (secondary N) is 1. The van der Waals surface area contributed by atoms with Crippen LogP contribution >= 0.6 is 11.3 Å². The van der Waals surface area contributed by atoms with Gasteiger partial charge in [0.1, 0.15) is 6.61 Å². The molecule has 1 amide bonds. The summed E-state index contributed by atoms with van der Waals surface area (Å²) in [6.45, 7) is 4.31. The number of aliphatic hydroxyl groups excluding tert-OH is 1. The number of aromatic nitrogens is 1. The van der Waals surface area contributed by atoms with Gasteiger partial charge in [-0.05, 0) is 30.4 Å². The van der Waals surface area contributed by atoms with E-state index in [1.54, 1.807) is 6.20 Å². The van der Waals surface area contributed by atoms with Crippen LogP contribution < -0.4 is 11.1 Å². The first-order valence-corrected chi connectivity index (χ1v) is 12.1. The molecule has 0 unspecified atom stereocenters. The molecule has 0 aliphatic rings. The zero-order valence-electron chi connectivity index (χ0n) is 19.2. The average Bonchev–Trinajstić information content (AvgIpc) is 3.28. The van der Waals surface area contributed by atoms with Gasteiger partial charge in [-0.2, -0.15) is 0 Å². The predicted molar refractivity (Wildman–Crippen MR) is 132 cm³/mol. The summed E-state index contributed by atoms with van der Waals surface area (Å²) in [4.78, 5) is 17.8. The monoisotopic (exact) mass is 467 g/mol. The van der Waals surface area contributed by atoms with E-state index in [2.05, 4.69) is 24.1 Å². The molecular formula is C26H33N3O3S. The number of carbonyl (C=O) groups is 1. The van der Waals surface area contributed by atoms with E-state index in [1.807, 2.05) is 60.7 Å². The normalized spacial score (nSPS) is 14.0. The second kappa shape index (κ2) is 12.5. The molecule has 0 saturated carbocycles. The smallest absolute Gasteiger partial charge is 0.407 e. The van der Waals surface area contributed by atoms with Crippen molar-refractivity contribution in [2.24, 2.45) is 5.73 Å². The molecule has 176 valence electrons. The quantitative estimate of drug-likeness (QED) is 0.388. The van der Waals surface area contributed by atoms with Crippen molar-refractivity contribution in [3.8, 4) is 0 Å². The number of ether oxygens (including phenoxy) is 1. The second-order valence-corrected chi connectivity index (χ2v) is 9.74. The van der Waals surface area contributed by atoms with Gasteiger partial charge in [-0.3, -0.25) is 0 Å². The number of amides is 1. The number of hydrogen-bond donors (Lipinski definition) is 3. The van der Waals surface area contributed by atoms with Crippen molar-refractivity contribution in [3.63, 3.8) is 0 Å². The van der Waals surface area contributed by atoms with Crippen LogP contribution in [0.25, 0.3) is 0 Å². The molecule has 4 N–H and O–H groups in total. The zero-order valence-corrected chi connectivity index (χ0v) is 20.0. The highest BCUT2D eigenvalue weighted by molar-refractivity contribution is 7.11. The van der Waals surface area contributed by atoms with Crippen LogP contribution in [-0.4, -0.2) is 34.4 Å². The lowest BCUT2D eigenvalue weighted by Crippen LogP contribution is -2.47. The largest absolute Gasteiger partial charge is 0.444 e. The van der Waals surface area contributed by atoms with E-state index in [0.717, 1.165) is 21.0 Å². The molecule has 3 rings (SSSR count). The minimum absolute atomic E-state index is 0.151. The number of nitrogens with zero attached hydrogens (tertiary/aromatic N) is 1. The molecule has 1 heterocycles. The summed E-state index contributed by atoms with van der Waals surface area (Å²) in [5.74, 6) is 0.336. The molecule has 3 aromatic rings. The Labute approximate surface area is 199 Å². The van der Waals surface area contributed by atoms with Crippen LogP contribution in [0.3, 0.4) is 0 Å². The second-order valence-electron chi connectivity index (χ2n) is 8.59. The first-order chi connectivity index (χ1) is 15.9. The lowest BCUT2D eigenvalue weighted by molar-refractivity contribution is 0.0925. The summed E-state index contributed by atoms with van der Waals surface area (Å²) < 4.78 is 5.42. The molecule has 0 aliphatic carbocycles. The Morgan fingerprint density at radius 3 is 2.24 bits per heavy atom. The number of nitrogens with two attached hydrogens (primary N) is 1. The first kappa shape index (κ1) is 24.9. The summed E-state index contributed by atoms with van der Waals surface area (Å²) in [5, 5.41) is 14.8. The van der Waals surface area contributed by atoms with Crippen molar-refractivity contribution >= 4 is 17.4 Å². The summed E-state index contributed by atoms with van der Waals surface area (Å²) >= 11 is 1.54. The van der Waals surface area contributed by atoms with Crippen LogP contribution in [0.1, 0.15) is 47.2 Å². The maximum absolute atomic E-state index is 12.5. The third-order valence-electron chi connectivity index (χ3n) is 5.36. The summed E-state index contributed by atoms with van der Waals surface area (Å²) in [6.07, 6.45) is 1.86. The van der Waals surface area contributed by atoms with Gasteiger partial charge in [0.05, 0.1) is 22.0 Å². The standard InChI is InChI=1S/C26H33N3O3S/c1-18(2)25-28-16-22(33-25)17-32-26(31)29-23(14-20-11-7-4-8-12-20)24(30)15-21(27)13-19-9-5-3-6-10-19/h3-12,16,18,21,23-24,30H,13-15,17,27H2,1-2H3,(H,29,31)/t21-,23-,24-/m0/s1. The number of rotatable bonds is 11. The van der Waals surface area contributed by atoms with Gasteiger partial charge in [0.2, 0.25) is 0 Å². The van der Waals surface area contributed by atoms with Crippen LogP contribution in [0.4, 0.5) is 4.79 Å². The summed E-state index contributed by atoms with van der Waals surface area (Å²) in [5.41, 5.74) is 8.46. The zero-order chi connectivity index (χ0) is 23.6. The third-order valence-corrected chi connectivity index (χ3v) is 6.63. The number of carbonyl (C=O) groups excluding carboxylic acids is 1. The Hall–Kier alpha value is -2.74. The molecule has 6 nitrogen and oxygen atoms in total. The Balaban J connectivity index is 1.59. The van der Waals surface area contributed by atoms with Gasteiger partial charge in [0.25, 0.3) is 0 Å². The number of hydrogen-bond acceptors (Lipinski definition) is 6. The van der Waals surface area contributed by atoms with Gasteiger partial charge in [-0.1, -0.05) is 74.5 Å². The van der Waals surface area contributed by atoms with Crippen LogP contribution in [0.5, 0.6) is 0 Å². The summed E-state index contributed by atoms with van der Waals surface area (Å²) in [6, 6.07) is 19.0. The summed E-state index contributed by atoms with van der Waals surface area (Å²) in [7, 11) is 0. The Kier molecular flexibility index (Phi) is 9.42. The van der Waals surface area contributed by atoms with E-state index >= 15 is 0 Å². The van der Waals surface area contributed by atoms with E-state index in [-0.39, 0.29) is 12.6 Å². The molecule has 0 radical (unpaired) electrons. The van der Waals surface area contributed by atoms with Crippen molar-refractivity contribution < 1.29 is 14.6 Å². The van der Waals surface area contributed by atoms with Crippen LogP contribution in [0.2, 0.25) is 0 Å². The first-order valence-electron chi connectivity index (χ1n) is 11.3. The lowest BCUT2D eigenvalue weighted by atomic mass is 9.94. The van der Waals surface area contributed by atoms with Crippen molar-refractivity contribution in [3.05, 3.63) is 87.9 Å². The van der Waals surface area contributed by atoms with Gasteiger partial charge >= 0.3 is 6.09 Å². The molecule has 3 atom stereocenters. The van der Waals surface area contributed by atoms with Crippen molar-refractivity contribution in [2.45, 2.75) is 63.8 Å². The topological polar surface area (TPSA) is 97.5 Å². The fourth-order valence-electron chi connectivity index (χ4n) is 3.61. The highest BCUT2D eigenvalue weighted by Crippen LogP contribution is 2.21. The third kappa shape index (κ3) is 8.28. The molecule has 0 spiro atoms. The van der Waals surface area contributed by atoms with Crippen LogP contribution in [0.15, 0.2) is 66.9 Å². The number of aliphatic hydroxyl groups is 1. The van der Waals surface area contributed by atoms with E-state index in [0.29, 0.717) is 25.2 Å². The molecule has 0 bridgehead atoms. The van der Waals surface area contributed by atoms with Crippen LogP contribution in [0, 0.1) is 0 Å². The van der Waals surface area contributed by atoms with Gasteiger partial charge < -0.3 is 20.9 Å². The van der Waals surface area contributed by atoms with E-state index in [9.17, 15) is 9.90 Å².